The van der Waals surface area contributed by atoms with Crippen LogP contribution in [0.25, 0.3) is 0 Å². The van der Waals surface area contributed by atoms with Gasteiger partial charge in [-0.3, -0.25) is 4.79 Å². The van der Waals surface area contributed by atoms with Gasteiger partial charge in [0.25, 0.3) is 0 Å². The largest absolute Gasteiger partial charge is 0.493 e. The van der Waals surface area contributed by atoms with E-state index in [2.05, 4.69) is 5.32 Å². The van der Waals surface area contributed by atoms with Crippen LogP contribution in [0.3, 0.4) is 0 Å². The van der Waals surface area contributed by atoms with Crippen molar-refractivity contribution in [2.24, 2.45) is 5.92 Å². The molecule has 0 aliphatic heterocycles. The first-order valence-corrected chi connectivity index (χ1v) is 7.16. The quantitative estimate of drug-likeness (QED) is 0.775. The summed E-state index contributed by atoms with van der Waals surface area (Å²) in [6, 6.07) is 5.64. The number of rotatable bonds is 8. The van der Waals surface area contributed by atoms with Gasteiger partial charge in [-0.05, 0) is 43.5 Å². The number of aliphatic hydroxyl groups is 1. The molecule has 118 valence electrons. The van der Waals surface area contributed by atoms with Crippen LogP contribution in [0.4, 0.5) is 4.39 Å². The van der Waals surface area contributed by atoms with Gasteiger partial charge in [-0.15, -0.1) is 0 Å². The van der Waals surface area contributed by atoms with Crippen LogP contribution >= 0.6 is 0 Å². The van der Waals surface area contributed by atoms with E-state index in [1.165, 1.54) is 24.3 Å². The zero-order chi connectivity index (χ0) is 15.9. The summed E-state index contributed by atoms with van der Waals surface area (Å²) in [5.41, 5.74) is -0.901. The molecule has 0 saturated heterocycles. The van der Waals surface area contributed by atoms with Gasteiger partial charge in [-0.1, -0.05) is 13.8 Å². The van der Waals surface area contributed by atoms with E-state index in [1.54, 1.807) is 6.92 Å². The Hall–Kier alpha value is -1.62. The first kappa shape index (κ1) is 17.4. The molecule has 1 unspecified atom stereocenters. The molecule has 0 aliphatic rings. The Kier molecular flexibility index (Phi) is 6.62. The summed E-state index contributed by atoms with van der Waals surface area (Å²) in [6.45, 7) is 6.19. The van der Waals surface area contributed by atoms with Crippen molar-refractivity contribution in [3.63, 3.8) is 0 Å². The number of hydrogen-bond donors (Lipinski definition) is 2. The van der Waals surface area contributed by atoms with Crippen molar-refractivity contribution in [2.75, 3.05) is 13.2 Å². The maximum Gasteiger partial charge on any atom is 0.223 e. The van der Waals surface area contributed by atoms with E-state index in [1.807, 2.05) is 13.8 Å². The predicted octanol–water partition coefficient (Wildman–Crippen LogP) is 2.51. The first-order chi connectivity index (χ1) is 9.78. The molecule has 0 aliphatic carbocycles. The molecule has 4 nitrogen and oxygen atoms in total. The predicted molar refractivity (Wildman–Crippen MR) is 79.6 cm³/mol. The number of halogens is 1. The normalized spacial score (nSPS) is 13.8. The molecule has 1 amide bonds. The summed E-state index contributed by atoms with van der Waals surface area (Å²) in [5, 5.41) is 12.8. The SMILES string of the molecule is CC(C)CC(C)(O)CNC(=O)CCOc1ccc(F)cc1. The van der Waals surface area contributed by atoms with Crippen molar-refractivity contribution >= 4 is 5.91 Å². The lowest BCUT2D eigenvalue weighted by Crippen LogP contribution is -2.41. The molecular formula is C16H24FNO3. The number of carbonyl (C=O) groups excluding carboxylic acids is 1. The van der Waals surface area contributed by atoms with Gasteiger partial charge in [0.2, 0.25) is 5.91 Å². The molecule has 1 atom stereocenters. The minimum atomic E-state index is -0.901. The van der Waals surface area contributed by atoms with Crippen LogP contribution in [0.15, 0.2) is 24.3 Å². The second-order valence-electron chi connectivity index (χ2n) is 5.92. The van der Waals surface area contributed by atoms with Gasteiger partial charge in [0, 0.05) is 6.54 Å². The van der Waals surface area contributed by atoms with E-state index >= 15 is 0 Å². The second kappa shape index (κ2) is 7.98. The summed E-state index contributed by atoms with van der Waals surface area (Å²) in [5.74, 6) is 0.378. The third-order valence-corrected chi connectivity index (χ3v) is 2.93. The van der Waals surface area contributed by atoms with Crippen LogP contribution in [0.5, 0.6) is 5.75 Å². The molecule has 2 N–H and O–H groups in total. The van der Waals surface area contributed by atoms with Gasteiger partial charge >= 0.3 is 0 Å². The van der Waals surface area contributed by atoms with E-state index < -0.39 is 5.60 Å². The molecule has 1 aromatic rings. The topological polar surface area (TPSA) is 58.6 Å². The fraction of sp³-hybridized carbons (Fsp3) is 0.562. The fourth-order valence-corrected chi connectivity index (χ4v) is 2.12. The summed E-state index contributed by atoms with van der Waals surface area (Å²) in [6.07, 6.45) is 0.814. The van der Waals surface area contributed by atoms with Crippen LogP contribution in [0.2, 0.25) is 0 Å². The zero-order valence-corrected chi connectivity index (χ0v) is 12.9. The minimum Gasteiger partial charge on any atom is -0.493 e. The Morgan fingerprint density at radius 2 is 2.00 bits per heavy atom. The van der Waals surface area contributed by atoms with Crippen molar-refractivity contribution in [3.05, 3.63) is 30.1 Å². The third kappa shape index (κ3) is 7.66. The highest BCUT2D eigenvalue weighted by atomic mass is 19.1. The van der Waals surface area contributed by atoms with Crippen molar-refractivity contribution in [2.45, 2.75) is 39.2 Å². The molecule has 0 heterocycles. The minimum absolute atomic E-state index is 0.179. The van der Waals surface area contributed by atoms with Gasteiger partial charge in [0.1, 0.15) is 11.6 Å². The molecule has 5 heteroatoms. The van der Waals surface area contributed by atoms with Gasteiger partial charge < -0.3 is 15.2 Å². The molecular weight excluding hydrogens is 273 g/mol. The average molecular weight is 297 g/mol. The van der Waals surface area contributed by atoms with Crippen molar-refractivity contribution < 1.29 is 19.0 Å². The number of ether oxygens (including phenoxy) is 1. The Morgan fingerprint density at radius 1 is 1.38 bits per heavy atom. The Labute approximate surface area is 125 Å². The molecule has 0 bridgehead atoms. The maximum atomic E-state index is 12.7. The summed E-state index contributed by atoms with van der Waals surface area (Å²) in [7, 11) is 0. The second-order valence-corrected chi connectivity index (χ2v) is 5.92. The molecule has 0 saturated carbocycles. The number of nitrogens with one attached hydrogen (secondary N) is 1. The highest BCUT2D eigenvalue weighted by Gasteiger charge is 2.22. The van der Waals surface area contributed by atoms with Crippen LogP contribution in [0, 0.1) is 11.7 Å². The van der Waals surface area contributed by atoms with Gasteiger partial charge in [0.15, 0.2) is 0 Å². The van der Waals surface area contributed by atoms with E-state index in [9.17, 15) is 14.3 Å². The van der Waals surface area contributed by atoms with Crippen LogP contribution in [-0.4, -0.2) is 29.8 Å². The summed E-state index contributed by atoms with van der Waals surface area (Å²) in [4.78, 5) is 11.7. The number of hydrogen-bond acceptors (Lipinski definition) is 3. The van der Waals surface area contributed by atoms with E-state index in [4.69, 9.17) is 4.74 Å². The molecule has 0 spiro atoms. The number of carbonyl (C=O) groups is 1. The molecule has 1 aromatic carbocycles. The number of amides is 1. The van der Waals surface area contributed by atoms with Gasteiger partial charge in [-0.2, -0.15) is 0 Å². The van der Waals surface area contributed by atoms with Gasteiger partial charge in [-0.25, -0.2) is 4.39 Å². The lowest BCUT2D eigenvalue weighted by molar-refractivity contribution is -0.122. The molecule has 0 fully saturated rings. The standard InChI is InChI=1S/C16H24FNO3/c1-12(2)10-16(3,20)11-18-15(19)8-9-21-14-6-4-13(17)5-7-14/h4-7,12,20H,8-11H2,1-3H3,(H,18,19). The highest BCUT2D eigenvalue weighted by Crippen LogP contribution is 2.15. The first-order valence-electron chi connectivity index (χ1n) is 7.16. The molecule has 0 aromatic heterocycles. The number of benzene rings is 1. The van der Waals surface area contributed by atoms with Crippen molar-refractivity contribution in [3.8, 4) is 5.75 Å². The monoisotopic (exact) mass is 297 g/mol. The highest BCUT2D eigenvalue weighted by molar-refractivity contribution is 5.76. The summed E-state index contributed by atoms with van der Waals surface area (Å²) < 4.78 is 18.0. The Morgan fingerprint density at radius 3 is 2.57 bits per heavy atom. The van der Waals surface area contributed by atoms with E-state index in [0.717, 1.165) is 0 Å². The van der Waals surface area contributed by atoms with Crippen LogP contribution in [-0.2, 0) is 4.79 Å². The van der Waals surface area contributed by atoms with Crippen molar-refractivity contribution in [1.29, 1.82) is 0 Å². The van der Waals surface area contributed by atoms with Crippen LogP contribution in [0.1, 0.15) is 33.6 Å². The third-order valence-electron chi connectivity index (χ3n) is 2.93. The molecule has 21 heavy (non-hydrogen) atoms. The maximum absolute atomic E-state index is 12.7. The fourth-order valence-electron chi connectivity index (χ4n) is 2.12. The lowest BCUT2D eigenvalue weighted by atomic mass is 9.94. The van der Waals surface area contributed by atoms with E-state index in [0.29, 0.717) is 18.1 Å². The van der Waals surface area contributed by atoms with E-state index in [-0.39, 0.29) is 31.3 Å². The molecule has 0 radical (unpaired) electrons. The summed E-state index contributed by atoms with van der Waals surface area (Å²) >= 11 is 0. The lowest BCUT2D eigenvalue weighted by Gasteiger charge is -2.25. The average Bonchev–Trinajstić information content (AvgIpc) is 2.37. The van der Waals surface area contributed by atoms with Crippen molar-refractivity contribution in [1.82, 2.24) is 5.32 Å². The van der Waals surface area contributed by atoms with Gasteiger partial charge in [0.05, 0.1) is 18.6 Å². The Bertz CT molecular complexity index is 443. The van der Waals surface area contributed by atoms with Crippen LogP contribution < -0.4 is 10.1 Å². The zero-order valence-electron chi connectivity index (χ0n) is 12.9. The Balaban J connectivity index is 2.23. The molecule has 1 rings (SSSR count). The smallest absolute Gasteiger partial charge is 0.223 e.